The molecule has 0 aliphatic heterocycles. The fourth-order valence-electron chi connectivity index (χ4n) is 1.68. The van der Waals surface area contributed by atoms with E-state index in [1.807, 2.05) is 13.0 Å². The lowest BCUT2D eigenvalue weighted by molar-refractivity contribution is -0.137. The molecule has 0 saturated heterocycles. The van der Waals surface area contributed by atoms with Crippen LogP contribution in [-0.2, 0) is 12.7 Å². The van der Waals surface area contributed by atoms with Gasteiger partial charge in [0.1, 0.15) is 0 Å². The van der Waals surface area contributed by atoms with Gasteiger partial charge in [-0.25, -0.2) is 0 Å². The van der Waals surface area contributed by atoms with Gasteiger partial charge >= 0.3 is 6.18 Å². The Balaban J connectivity index is 2.10. The van der Waals surface area contributed by atoms with Crippen molar-refractivity contribution >= 4 is 5.69 Å². The number of anilines is 1. The minimum Gasteiger partial charge on any atom is -0.381 e. The van der Waals surface area contributed by atoms with E-state index in [9.17, 15) is 13.2 Å². The van der Waals surface area contributed by atoms with Gasteiger partial charge in [0.15, 0.2) is 0 Å². The molecule has 2 aromatic rings. The third-order valence-electron chi connectivity index (χ3n) is 2.82. The predicted molar refractivity (Wildman–Crippen MR) is 67.7 cm³/mol. The van der Waals surface area contributed by atoms with E-state index in [1.54, 1.807) is 18.5 Å². The number of benzene rings is 1. The maximum absolute atomic E-state index is 12.6. The third-order valence-corrected chi connectivity index (χ3v) is 2.82. The van der Waals surface area contributed by atoms with E-state index in [4.69, 9.17) is 0 Å². The standard InChI is InChI=1S/C14H13F3N2/c1-10-5-6-18-8-11(10)9-19-13-4-2-3-12(7-13)14(15,16)17/h2-8,19H,9H2,1H3. The summed E-state index contributed by atoms with van der Waals surface area (Å²) in [6.45, 7) is 2.38. The van der Waals surface area contributed by atoms with E-state index in [-0.39, 0.29) is 0 Å². The molecule has 5 heteroatoms. The summed E-state index contributed by atoms with van der Waals surface area (Å²) in [5, 5.41) is 2.97. The Morgan fingerprint density at radius 2 is 2.00 bits per heavy atom. The molecule has 1 aromatic carbocycles. The van der Waals surface area contributed by atoms with Crippen molar-refractivity contribution in [1.29, 1.82) is 0 Å². The number of pyridine rings is 1. The normalized spacial score (nSPS) is 11.4. The molecule has 1 N–H and O–H groups in total. The quantitative estimate of drug-likeness (QED) is 0.907. The molecule has 0 spiro atoms. The summed E-state index contributed by atoms with van der Waals surface area (Å²) in [6.07, 6.45) is -0.930. The summed E-state index contributed by atoms with van der Waals surface area (Å²) in [5.41, 5.74) is 1.80. The van der Waals surface area contributed by atoms with Crippen LogP contribution in [0.5, 0.6) is 0 Å². The molecule has 0 saturated carbocycles. The summed E-state index contributed by atoms with van der Waals surface area (Å²) < 4.78 is 37.7. The van der Waals surface area contributed by atoms with Crippen LogP contribution in [0.3, 0.4) is 0 Å². The Bertz CT molecular complexity index is 565. The van der Waals surface area contributed by atoms with Crippen molar-refractivity contribution in [3.05, 3.63) is 59.4 Å². The van der Waals surface area contributed by atoms with Gasteiger partial charge in [-0.05, 0) is 42.3 Å². The lowest BCUT2D eigenvalue weighted by Gasteiger charge is -2.11. The zero-order valence-electron chi connectivity index (χ0n) is 10.3. The molecular weight excluding hydrogens is 253 g/mol. The number of alkyl halides is 3. The van der Waals surface area contributed by atoms with Crippen LogP contribution in [0.1, 0.15) is 16.7 Å². The lowest BCUT2D eigenvalue weighted by atomic mass is 10.1. The van der Waals surface area contributed by atoms with Gasteiger partial charge in [0.2, 0.25) is 0 Å². The smallest absolute Gasteiger partial charge is 0.381 e. The van der Waals surface area contributed by atoms with Crippen molar-refractivity contribution in [1.82, 2.24) is 4.98 Å². The number of aromatic nitrogens is 1. The second kappa shape index (κ2) is 5.30. The van der Waals surface area contributed by atoms with Crippen molar-refractivity contribution in [2.75, 3.05) is 5.32 Å². The largest absolute Gasteiger partial charge is 0.416 e. The summed E-state index contributed by atoms with van der Waals surface area (Å²) in [5.74, 6) is 0. The highest BCUT2D eigenvalue weighted by Crippen LogP contribution is 2.30. The van der Waals surface area contributed by atoms with Crippen LogP contribution in [0.15, 0.2) is 42.7 Å². The van der Waals surface area contributed by atoms with Crippen LogP contribution in [-0.4, -0.2) is 4.98 Å². The highest BCUT2D eigenvalue weighted by atomic mass is 19.4. The zero-order chi connectivity index (χ0) is 13.9. The maximum Gasteiger partial charge on any atom is 0.416 e. The molecule has 0 radical (unpaired) electrons. The van der Waals surface area contributed by atoms with Crippen LogP contribution in [0.25, 0.3) is 0 Å². The fraction of sp³-hybridized carbons (Fsp3) is 0.214. The molecule has 1 heterocycles. The number of nitrogens with one attached hydrogen (secondary N) is 1. The first-order valence-electron chi connectivity index (χ1n) is 5.77. The average Bonchev–Trinajstić information content (AvgIpc) is 2.37. The number of halogens is 3. The monoisotopic (exact) mass is 266 g/mol. The third kappa shape index (κ3) is 3.47. The van der Waals surface area contributed by atoms with E-state index >= 15 is 0 Å². The molecule has 0 bridgehead atoms. The van der Waals surface area contributed by atoms with Crippen LogP contribution in [0.4, 0.5) is 18.9 Å². The highest BCUT2D eigenvalue weighted by molar-refractivity contribution is 5.47. The van der Waals surface area contributed by atoms with Crippen LogP contribution >= 0.6 is 0 Å². The SMILES string of the molecule is Cc1ccncc1CNc1cccc(C(F)(F)F)c1. The number of aryl methyl sites for hydroxylation is 1. The summed E-state index contributed by atoms with van der Waals surface area (Å²) >= 11 is 0. The van der Waals surface area contributed by atoms with Gasteiger partial charge in [-0.3, -0.25) is 4.98 Å². The Morgan fingerprint density at radius 3 is 2.68 bits per heavy atom. The molecule has 0 atom stereocenters. The van der Waals surface area contributed by atoms with Gasteiger partial charge in [0, 0.05) is 24.6 Å². The first-order chi connectivity index (χ1) is 8.97. The van der Waals surface area contributed by atoms with E-state index in [0.29, 0.717) is 12.2 Å². The van der Waals surface area contributed by atoms with Crippen molar-refractivity contribution in [2.45, 2.75) is 19.6 Å². The average molecular weight is 266 g/mol. The van der Waals surface area contributed by atoms with E-state index in [1.165, 1.54) is 6.07 Å². The zero-order valence-corrected chi connectivity index (χ0v) is 10.3. The molecule has 19 heavy (non-hydrogen) atoms. The maximum atomic E-state index is 12.6. The van der Waals surface area contributed by atoms with Crippen molar-refractivity contribution in [3.8, 4) is 0 Å². The van der Waals surface area contributed by atoms with Crippen LogP contribution in [0, 0.1) is 6.92 Å². The van der Waals surface area contributed by atoms with Crippen LogP contribution < -0.4 is 5.32 Å². The number of hydrogen-bond acceptors (Lipinski definition) is 2. The Morgan fingerprint density at radius 1 is 1.21 bits per heavy atom. The van der Waals surface area contributed by atoms with E-state index in [0.717, 1.165) is 23.3 Å². The van der Waals surface area contributed by atoms with E-state index < -0.39 is 11.7 Å². The molecule has 0 amide bonds. The van der Waals surface area contributed by atoms with Gasteiger partial charge in [-0.15, -0.1) is 0 Å². The van der Waals surface area contributed by atoms with Gasteiger partial charge in [0.25, 0.3) is 0 Å². The number of hydrogen-bond donors (Lipinski definition) is 1. The predicted octanol–water partition coefficient (Wildman–Crippen LogP) is 4.02. The number of rotatable bonds is 3. The minimum absolute atomic E-state index is 0.443. The van der Waals surface area contributed by atoms with Crippen molar-refractivity contribution in [2.24, 2.45) is 0 Å². The molecule has 1 aromatic heterocycles. The summed E-state index contributed by atoms with van der Waals surface area (Å²) in [7, 11) is 0. The fourth-order valence-corrected chi connectivity index (χ4v) is 1.68. The molecule has 0 unspecified atom stereocenters. The lowest BCUT2D eigenvalue weighted by Crippen LogP contribution is -2.07. The first kappa shape index (κ1) is 13.4. The van der Waals surface area contributed by atoms with Crippen LogP contribution in [0.2, 0.25) is 0 Å². The Labute approximate surface area is 109 Å². The summed E-state index contributed by atoms with van der Waals surface area (Å²) in [6, 6.07) is 7.03. The van der Waals surface area contributed by atoms with E-state index in [2.05, 4.69) is 10.3 Å². The highest BCUT2D eigenvalue weighted by Gasteiger charge is 2.30. The molecule has 0 fully saturated rings. The van der Waals surface area contributed by atoms with Crippen molar-refractivity contribution < 1.29 is 13.2 Å². The summed E-state index contributed by atoms with van der Waals surface area (Å²) in [4.78, 5) is 3.99. The topological polar surface area (TPSA) is 24.9 Å². The number of nitrogens with zero attached hydrogens (tertiary/aromatic N) is 1. The molecule has 2 rings (SSSR count). The minimum atomic E-state index is -4.32. The first-order valence-corrected chi connectivity index (χ1v) is 5.77. The van der Waals surface area contributed by atoms with Gasteiger partial charge in [0.05, 0.1) is 5.56 Å². The Kier molecular flexibility index (Phi) is 3.74. The molecule has 0 aliphatic carbocycles. The molecule has 0 aliphatic rings. The Hall–Kier alpha value is -2.04. The molecule has 2 nitrogen and oxygen atoms in total. The van der Waals surface area contributed by atoms with Gasteiger partial charge in [-0.1, -0.05) is 6.07 Å². The van der Waals surface area contributed by atoms with Gasteiger partial charge < -0.3 is 5.32 Å². The molecular formula is C14H13F3N2. The molecule has 100 valence electrons. The second-order valence-electron chi connectivity index (χ2n) is 4.23. The van der Waals surface area contributed by atoms with Crippen molar-refractivity contribution in [3.63, 3.8) is 0 Å². The van der Waals surface area contributed by atoms with Gasteiger partial charge in [-0.2, -0.15) is 13.2 Å². The second-order valence-corrected chi connectivity index (χ2v) is 4.23.